The van der Waals surface area contributed by atoms with Gasteiger partial charge in [0.2, 0.25) is 0 Å². The molecule has 0 aromatic heterocycles. The van der Waals surface area contributed by atoms with Crippen LogP contribution in [0.4, 0.5) is 0 Å². The maximum absolute atomic E-state index is 11.0. The van der Waals surface area contributed by atoms with Crippen LogP contribution in [0.5, 0.6) is 0 Å². The number of esters is 2. The van der Waals surface area contributed by atoms with Crippen molar-refractivity contribution >= 4 is 20.3 Å². The molecule has 0 aliphatic heterocycles. The summed E-state index contributed by atoms with van der Waals surface area (Å²) in [6.07, 6.45) is 1.84. The Labute approximate surface area is 140 Å². The highest BCUT2D eigenvalue weighted by atomic mass is 28.4. The Balaban J connectivity index is 4.88. The first-order valence-corrected chi connectivity index (χ1v) is 10.6. The van der Waals surface area contributed by atoms with Gasteiger partial charge in [-0.25, -0.2) is 0 Å². The maximum Gasteiger partial charge on any atom is 0.302 e. The molecule has 0 bridgehead atoms. The molecule has 0 saturated carbocycles. The predicted octanol–water partition coefficient (Wildman–Crippen LogP) is 3.62. The first-order chi connectivity index (χ1) is 10.4. The van der Waals surface area contributed by atoms with Crippen molar-refractivity contribution in [2.75, 3.05) is 19.8 Å². The minimum Gasteiger partial charge on any atom is -0.461 e. The zero-order valence-electron chi connectivity index (χ0n) is 15.4. The minimum absolute atomic E-state index is 0.0719. The van der Waals surface area contributed by atoms with Gasteiger partial charge in [0.1, 0.15) is 13.2 Å². The van der Waals surface area contributed by atoms with Crippen molar-refractivity contribution in [1.82, 2.24) is 0 Å². The quantitative estimate of drug-likeness (QED) is 0.383. The van der Waals surface area contributed by atoms with Gasteiger partial charge >= 0.3 is 11.9 Å². The van der Waals surface area contributed by atoms with Gasteiger partial charge in [-0.05, 0) is 29.3 Å². The van der Waals surface area contributed by atoms with Crippen molar-refractivity contribution in [3.63, 3.8) is 0 Å². The molecule has 0 amide bonds. The van der Waals surface area contributed by atoms with Gasteiger partial charge < -0.3 is 13.9 Å². The summed E-state index contributed by atoms with van der Waals surface area (Å²) in [6, 6.07) is 0. The fourth-order valence-electron chi connectivity index (χ4n) is 1.33. The number of carbonyl (C=O) groups excluding carboxylic acids is 2. The molecular weight excluding hydrogens is 312 g/mol. The van der Waals surface area contributed by atoms with Crippen LogP contribution in [0.15, 0.2) is 23.8 Å². The maximum atomic E-state index is 11.0. The molecular formula is C17H30O5Si. The van der Waals surface area contributed by atoms with Crippen LogP contribution in [-0.2, 0) is 23.5 Å². The number of hydrogen-bond acceptors (Lipinski definition) is 5. The molecule has 0 atom stereocenters. The van der Waals surface area contributed by atoms with E-state index in [4.69, 9.17) is 13.9 Å². The normalized spacial score (nSPS) is 12.7. The summed E-state index contributed by atoms with van der Waals surface area (Å²) in [4.78, 5) is 21.9. The lowest BCUT2D eigenvalue weighted by Gasteiger charge is -2.35. The van der Waals surface area contributed by atoms with Crippen molar-refractivity contribution in [1.29, 1.82) is 0 Å². The smallest absolute Gasteiger partial charge is 0.302 e. The lowest BCUT2D eigenvalue weighted by atomic mass is 10.1. The van der Waals surface area contributed by atoms with E-state index < -0.39 is 8.32 Å². The van der Waals surface area contributed by atoms with Crippen LogP contribution in [0.1, 0.15) is 34.6 Å². The number of ether oxygens (including phenoxy) is 2. The molecule has 132 valence electrons. The summed E-state index contributed by atoms with van der Waals surface area (Å²) in [5.74, 6) is -0.753. The van der Waals surface area contributed by atoms with Crippen molar-refractivity contribution in [3.05, 3.63) is 23.8 Å². The second-order valence-electron chi connectivity index (χ2n) is 6.96. The van der Waals surface area contributed by atoms with Gasteiger partial charge in [0.25, 0.3) is 0 Å². The van der Waals surface area contributed by atoms with Crippen molar-refractivity contribution in [2.24, 2.45) is 0 Å². The standard InChI is InChI=1S/C17H30O5Si/c1-13(11-20-14(2)18)16(12-21-15(3)19)9-10-22-23(7,8)17(4,5)6/h9H,1,10-12H2,2-8H3/b16-9-. The SMILES string of the molecule is C=C(COC(C)=O)/C(=C\CO[Si](C)(C)C(C)(C)C)COC(C)=O. The van der Waals surface area contributed by atoms with Crippen LogP contribution < -0.4 is 0 Å². The van der Waals surface area contributed by atoms with Crippen LogP contribution in [0, 0.1) is 0 Å². The molecule has 0 rings (SSSR count). The molecule has 6 heteroatoms. The third-order valence-electron chi connectivity index (χ3n) is 3.91. The molecule has 0 heterocycles. The summed E-state index contributed by atoms with van der Waals surface area (Å²) < 4.78 is 16.1. The molecule has 0 radical (unpaired) electrons. The number of rotatable bonds is 8. The fraction of sp³-hybridized carbons (Fsp3) is 0.647. The fourth-order valence-corrected chi connectivity index (χ4v) is 2.27. The van der Waals surface area contributed by atoms with Crippen LogP contribution in [0.25, 0.3) is 0 Å². The first-order valence-electron chi connectivity index (χ1n) is 7.64. The average molecular weight is 343 g/mol. The molecule has 0 fully saturated rings. The molecule has 5 nitrogen and oxygen atoms in total. The van der Waals surface area contributed by atoms with Gasteiger partial charge in [0, 0.05) is 13.8 Å². The summed E-state index contributed by atoms with van der Waals surface area (Å²) in [5, 5.41) is 0.117. The Morgan fingerprint density at radius 3 is 1.96 bits per heavy atom. The van der Waals surface area contributed by atoms with E-state index in [-0.39, 0.29) is 30.2 Å². The van der Waals surface area contributed by atoms with Crippen molar-refractivity contribution < 1.29 is 23.5 Å². The molecule has 0 aliphatic rings. The highest BCUT2D eigenvalue weighted by Crippen LogP contribution is 2.36. The summed E-state index contributed by atoms with van der Waals surface area (Å²) in [6.45, 7) is 18.0. The Bertz CT molecular complexity index is 472. The lowest BCUT2D eigenvalue weighted by molar-refractivity contribution is -0.141. The van der Waals surface area contributed by atoms with Crippen LogP contribution in [0.3, 0.4) is 0 Å². The second-order valence-corrected chi connectivity index (χ2v) is 11.8. The molecule has 0 spiro atoms. The van der Waals surface area contributed by atoms with Crippen LogP contribution in [0.2, 0.25) is 18.1 Å². The average Bonchev–Trinajstić information content (AvgIpc) is 2.38. The summed E-state index contributed by atoms with van der Waals surface area (Å²) in [7, 11) is -1.86. The summed E-state index contributed by atoms with van der Waals surface area (Å²) in [5.41, 5.74) is 1.31. The third-order valence-corrected chi connectivity index (χ3v) is 8.42. The van der Waals surface area contributed by atoms with E-state index in [2.05, 4.69) is 40.4 Å². The molecule has 0 aromatic rings. The Hall–Kier alpha value is -1.40. The van der Waals surface area contributed by atoms with E-state index in [1.165, 1.54) is 13.8 Å². The third kappa shape index (κ3) is 8.71. The highest BCUT2D eigenvalue weighted by Gasteiger charge is 2.36. The van der Waals surface area contributed by atoms with Gasteiger partial charge in [-0.15, -0.1) is 0 Å². The Morgan fingerprint density at radius 2 is 1.52 bits per heavy atom. The monoisotopic (exact) mass is 342 g/mol. The molecule has 23 heavy (non-hydrogen) atoms. The Kier molecular flexibility index (Phi) is 8.48. The lowest BCUT2D eigenvalue weighted by Crippen LogP contribution is -2.40. The van der Waals surface area contributed by atoms with Gasteiger partial charge in [-0.3, -0.25) is 9.59 Å². The van der Waals surface area contributed by atoms with E-state index in [9.17, 15) is 9.59 Å². The van der Waals surface area contributed by atoms with Crippen LogP contribution >= 0.6 is 0 Å². The van der Waals surface area contributed by atoms with E-state index in [0.29, 0.717) is 17.8 Å². The largest absolute Gasteiger partial charge is 0.461 e. The van der Waals surface area contributed by atoms with Gasteiger partial charge in [0.15, 0.2) is 8.32 Å². The zero-order valence-corrected chi connectivity index (χ0v) is 16.4. The van der Waals surface area contributed by atoms with Gasteiger partial charge in [-0.2, -0.15) is 0 Å². The van der Waals surface area contributed by atoms with E-state index in [1.54, 1.807) is 0 Å². The molecule has 0 aliphatic carbocycles. The molecule has 0 saturated heterocycles. The second kappa shape index (κ2) is 9.03. The van der Waals surface area contributed by atoms with Crippen molar-refractivity contribution in [2.45, 2.75) is 52.8 Å². The van der Waals surface area contributed by atoms with Gasteiger partial charge in [0.05, 0.1) is 6.61 Å². The van der Waals surface area contributed by atoms with Gasteiger partial charge in [-0.1, -0.05) is 33.4 Å². The van der Waals surface area contributed by atoms with Crippen molar-refractivity contribution in [3.8, 4) is 0 Å². The minimum atomic E-state index is -1.86. The molecule has 0 unspecified atom stereocenters. The predicted molar refractivity (Wildman–Crippen MR) is 93.6 cm³/mol. The molecule has 0 N–H and O–H groups in total. The Morgan fingerprint density at radius 1 is 1.04 bits per heavy atom. The molecule has 0 aromatic carbocycles. The topological polar surface area (TPSA) is 61.8 Å². The number of carbonyl (C=O) groups is 2. The zero-order chi connectivity index (χ0) is 18.3. The summed E-state index contributed by atoms with van der Waals surface area (Å²) >= 11 is 0. The van der Waals surface area contributed by atoms with Crippen LogP contribution in [-0.4, -0.2) is 40.1 Å². The number of hydrogen-bond donors (Lipinski definition) is 0. The first kappa shape index (κ1) is 21.6. The van der Waals surface area contributed by atoms with E-state index in [1.807, 2.05) is 6.08 Å². The van der Waals surface area contributed by atoms with E-state index >= 15 is 0 Å². The highest BCUT2D eigenvalue weighted by molar-refractivity contribution is 6.74. The van der Waals surface area contributed by atoms with E-state index in [0.717, 1.165) is 0 Å².